The van der Waals surface area contributed by atoms with Crippen LogP contribution in [0.3, 0.4) is 0 Å². The first kappa shape index (κ1) is 23.9. The van der Waals surface area contributed by atoms with E-state index in [0.717, 1.165) is 55.0 Å². The van der Waals surface area contributed by atoms with Gasteiger partial charge in [0, 0.05) is 24.6 Å². The van der Waals surface area contributed by atoms with Crippen molar-refractivity contribution in [2.45, 2.75) is 13.3 Å². The summed E-state index contributed by atoms with van der Waals surface area (Å²) in [6.07, 6.45) is 2.80. The highest BCUT2D eigenvalue weighted by Gasteiger charge is 2.04. The molecule has 0 aromatic heterocycles. The highest BCUT2D eigenvalue weighted by molar-refractivity contribution is 14.0. The first-order valence-corrected chi connectivity index (χ1v) is 9.32. The van der Waals surface area contributed by atoms with Crippen molar-refractivity contribution in [1.82, 2.24) is 10.6 Å². The Morgan fingerprint density at radius 1 is 1.24 bits per heavy atom. The van der Waals surface area contributed by atoms with Crippen LogP contribution >= 0.6 is 35.7 Å². The van der Waals surface area contributed by atoms with Crippen molar-refractivity contribution in [3.8, 4) is 11.5 Å². The highest BCUT2D eigenvalue weighted by atomic mass is 127. The monoisotopic (exact) mass is 479 g/mol. The van der Waals surface area contributed by atoms with E-state index in [2.05, 4.69) is 35.2 Å². The number of hydrogen-bond donors (Lipinski definition) is 2. The van der Waals surface area contributed by atoms with Crippen molar-refractivity contribution in [3.63, 3.8) is 0 Å². The topological polar surface area (TPSA) is 54.9 Å². The molecule has 0 heterocycles. The quantitative estimate of drug-likeness (QED) is 0.168. The van der Waals surface area contributed by atoms with Crippen LogP contribution in [0.1, 0.15) is 12.5 Å². The second-order valence-electron chi connectivity index (χ2n) is 4.99. The number of rotatable bonds is 11. The zero-order valence-corrected chi connectivity index (χ0v) is 18.5. The molecule has 0 aliphatic rings. The van der Waals surface area contributed by atoms with Gasteiger partial charge in [0.2, 0.25) is 0 Å². The molecule has 0 radical (unpaired) electrons. The van der Waals surface area contributed by atoms with Gasteiger partial charge in [-0.1, -0.05) is 12.1 Å². The molecule has 0 saturated carbocycles. The Morgan fingerprint density at radius 3 is 2.64 bits per heavy atom. The van der Waals surface area contributed by atoms with Gasteiger partial charge in [0.05, 0.1) is 20.8 Å². The Hall–Kier alpha value is -1.09. The molecule has 0 atom stereocenters. The van der Waals surface area contributed by atoms with E-state index in [0.29, 0.717) is 0 Å². The molecule has 2 N–H and O–H groups in total. The lowest BCUT2D eigenvalue weighted by Gasteiger charge is -2.12. The van der Waals surface area contributed by atoms with Crippen molar-refractivity contribution in [3.05, 3.63) is 36.4 Å². The highest BCUT2D eigenvalue weighted by Crippen LogP contribution is 2.27. The van der Waals surface area contributed by atoms with Crippen molar-refractivity contribution >= 4 is 41.7 Å². The van der Waals surface area contributed by atoms with E-state index in [1.54, 1.807) is 14.2 Å². The molecular weight excluding hydrogens is 449 g/mol. The number of hydrogen-bond acceptors (Lipinski definition) is 4. The van der Waals surface area contributed by atoms with E-state index in [4.69, 9.17) is 9.47 Å². The second-order valence-corrected chi connectivity index (χ2v) is 6.14. The lowest BCUT2D eigenvalue weighted by atomic mass is 10.1. The number of ether oxygens (including phenoxy) is 2. The van der Waals surface area contributed by atoms with E-state index in [1.807, 2.05) is 30.0 Å². The third kappa shape index (κ3) is 9.84. The first-order valence-electron chi connectivity index (χ1n) is 8.16. The van der Waals surface area contributed by atoms with Crippen LogP contribution < -0.4 is 20.1 Å². The number of thioether (sulfide) groups is 1. The third-order valence-electron chi connectivity index (χ3n) is 3.24. The van der Waals surface area contributed by atoms with Crippen LogP contribution in [0.5, 0.6) is 11.5 Å². The maximum Gasteiger partial charge on any atom is 0.191 e. The second kappa shape index (κ2) is 15.2. The molecule has 1 aromatic rings. The number of benzene rings is 1. The Morgan fingerprint density at radius 2 is 2.00 bits per heavy atom. The van der Waals surface area contributed by atoms with E-state index in [-0.39, 0.29) is 24.0 Å². The molecule has 1 aromatic carbocycles. The van der Waals surface area contributed by atoms with Gasteiger partial charge in [-0.15, -0.1) is 30.6 Å². The molecule has 5 nitrogen and oxygen atoms in total. The Bertz CT molecular complexity index is 527. The Labute approximate surface area is 173 Å². The van der Waals surface area contributed by atoms with Crippen LogP contribution in [0, 0.1) is 0 Å². The number of nitrogens with zero attached hydrogens (tertiary/aromatic N) is 1. The average molecular weight is 479 g/mol. The molecule has 142 valence electrons. The number of aliphatic imine (C=N–C) groups is 1. The maximum absolute atomic E-state index is 5.34. The largest absolute Gasteiger partial charge is 0.493 e. The molecule has 0 aliphatic carbocycles. The molecule has 0 spiro atoms. The minimum absolute atomic E-state index is 0. The fraction of sp³-hybridized carbons (Fsp3) is 0.500. The fourth-order valence-corrected chi connectivity index (χ4v) is 2.65. The molecule has 0 fully saturated rings. The van der Waals surface area contributed by atoms with Gasteiger partial charge in [0.25, 0.3) is 0 Å². The lowest BCUT2D eigenvalue weighted by Crippen LogP contribution is -2.38. The summed E-state index contributed by atoms with van der Waals surface area (Å²) in [5, 5.41) is 6.63. The molecule has 7 heteroatoms. The number of guanidine groups is 1. The van der Waals surface area contributed by atoms with Crippen molar-refractivity contribution < 1.29 is 9.47 Å². The van der Waals surface area contributed by atoms with Gasteiger partial charge < -0.3 is 20.1 Å². The fourth-order valence-electron chi connectivity index (χ4n) is 2.09. The van der Waals surface area contributed by atoms with Crippen LogP contribution in [-0.2, 0) is 6.42 Å². The summed E-state index contributed by atoms with van der Waals surface area (Å²) in [6, 6.07) is 6.00. The van der Waals surface area contributed by atoms with Crippen LogP contribution in [0.15, 0.2) is 35.8 Å². The Kier molecular flexibility index (Phi) is 14.5. The number of halogens is 1. The van der Waals surface area contributed by atoms with E-state index in [1.165, 1.54) is 5.56 Å². The van der Waals surface area contributed by atoms with Gasteiger partial charge in [-0.3, -0.25) is 4.99 Å². The van der Waals surface area contributed by atoms with Gasteiger partial charge in [-0.05, 0) is 31.0 Å². The predicted molar refractivity (Wildman–Crippen MR) is 120 cm³/mol. The van der Waals surface area contributed by atoms with Gasteiger partial charge in [-0.25, -0.2) is 0 Å². The molecule has 0 saturated heterocycles. The van der Waals surface area contributed by atoms with Gasteiger partial charge in [-0.2, -0.15) is 11.8 Å². The summed E-state index contributed by atoms with van der Waals surface area (Å²) >= 11 is 1.84. The molecular formula is C18H30IN3O2S. The smallest absolute Gasteiger partial charge is 0.191 e. The lowest BCUT2D eigenvalue weighted by molar-refractivity contribution is 0.354. The van der Waals surface area contributed by atoms with Crippen molar-refractivity contribution in [2.24, 2.45) is 4.99 Å². The van der Waals surface area contributed by atoms with Crippen LogP contribution in [0.2, 0.25) is 0 Å². The molecule has 0 bridgehead atoms. The molecule has 0 aliphatic heterocycles. The zero-order chi connectivity index (χ0) is 17.6. The van der Waals surface area contributed by atoms with E-state index in [9.17, 15) is 0 Å². The average Bonchev–Trinajstić information content (AvgIpc) is 2.61. The summed E-state index contributed by atoms with van der Waals surface area (Å²) < 4.78 is 10.6. The van der Waals surface area contributed by atoms with E-state index >= 15 is 0 Å². The normalized spacial score (nSPS) is 10.6. The summed E-state index contributed by atoms with van der Waals surface area (Å²) in [5.74, 6) is 4.34. The zero-order valence-electron chi connectivity index (χ0n) is 15.3. The van der Waals surface area contributed by atoms with Crippen LogP contribution in [-0.4, -0.2) is 51.3 Å². The number of nitrogens with one attached hydrogen (secondary N) is 2. The molecule has 1 rings (SSSR count). The van der Waals surface area contributed by atoms with E-state index < -0.39 is 0 Å². The van der Waals surface area contributed by atoms with Gasteiger partial charge >= 0.3 is 0 Å². The Balaban J connectivity index is 0.00000576. The van der Waals surface area contributed by atoms with Crippen LogP contribution in [0.4, 0.5) is 0 Å². The predicted octanol–water partition coefficient (Wildman–Crippen LogP) is 3.34. The van der Waals surface area contributed by atoms with Gasteiger partial charge in [0.1, 0.15) is 0 Å². The summed E-state index contributed by atoms with van der Waals surface area (Å²) in [7, 11) is 3.30. The maximum atomic E-state index is 5.34. The molecule has 25 heavy (non-hydrogen) atoms. The number of methoxy groups -OCH3 is 2. The molecule has 0 amide bonds. The summed E-state index contributed by atoms with van der Waals surface area (Å²) in [4.78, 5) is 4.57. The van der Waals surface area contributed by atoms with Gasteiger partial charge in [0.15, 0.2) is 17.5 Å². The molecule has 0 unspecified atom stereocenters. The first-order chi connectivity index (χ1) is 11.7. The summed E-state index contributed by atoms with van der Waals surface area (Å²) in [6.45, 7) is 8.24. The third-order valence-corrected chi connectivity index (χ3v) is 4.18. The summed E-state index contributed by atoms with van der Waals surface area (Å²) in [5.41, 5.74) is 1.19. The standard InChI is InChI=1S/C18H29N3O2S.HI/c1-5-12-24-13-11-21-18(19-6-2)20-10-9-15-7-8-16(22-3)17(14-15)23-4;/h5,7-8,14H,1,6,9-13H2,2-4H3,(H2,19,20,21);1H. The minimum atomic E-state index is 0. The minimum Gasteiger partial charge on any atom is -0.493 e. The van der Waals surface area contributed by atoms with Crippen molar-refractivity contribution in [2.75, 3.05) is 45.4 Å². The van der Waals surface area contributed by atoms with Crippen molar-refractivity contribution in [1.29, 1.82) is 0 Å². The van der Waals surface area contributed by atoms with Crippen LogP contribution in [0.25, 0.3) is 0 Å². The SMILES string of the molecule is C=CCSCCN=C(NCC)NCCc1ccc(OC)c(OC)c1.I.